The van der Waals surface area contributed by atoms with Crippen LogP contribution >= 0.6 is 0 Å². The largest absolute Gasteiger partial charge is 0.294 e. The van der Waals surface area contributed by atoms with Crippen molar-refractivity contribution in [2.24, 2.45) is 10.8 Å². The second kappa shape index (κ2) is 4.57. The van der Waals surface area contributed by atoms with Crippen LogP contribution in [0.25, 0.3) is 0 Å². The van der Waals surface area contributed by atoms with Crippen molar-refractivity contribution in [3.05, 3.63) is 23.8 Å². The lowest BCUT2D eigenvalue weighted by molar-refractivity contribution is -0.127. The summed E-state index contributed by atoms with van der Waals surface area (Å²) in [5, 5.41) is 0. The van der Waals surface area contributed by atoms with Crippen LogP contribution in [-0.2, 0) is 4.79 Å². The molecular formula is C15H24O. The minimum atomic E-state index is -0.169. The highest BCUT2D eigenvalue weighted by molar-refractivity contribution is 5.95. The number of allylic oxidation sites excluding steroid dienone is 4. The summed E-state index contributed by atoms with van der Waals surface area (Å²) in [7, 11) is 0. The molecule has 90 valence electrons. The molecule has 0 aromatic heterocycles. The van der Waals surface area contributed by atoms with Gasteiger partial charge in [0.15, 0.2) is 5.78 Å². The van der Waals surface area contributed by atoms with Crippen molar-refractivity contribution in [1.29, 1.82) is 0 Å². The molecule has 0 saturated heterocycles. The minimum Gasteiger partial charge on any atom is -0.294 e. The number of rotatable bonds is 3. The Balaban J connectivity index is 2.85. The van der Waals surface area contributed by atoms with Gasteiger partial charge in [-0.1, -0.05) is 44.9 Å². The van der Waals surface area contributed by atoms with Crippen LogP contribution in [0.15, 0.2) is 23.8 Å². The Labute approximate surface area is 99.6 Å². The predicted octanol–water partition coefficient (Wildman–Crippen LogP) is 4.29. The van der Waals surface area contributed by atoms with E-state index >= 15 is 0 Å². The molecule has 1 fully saturated rings. The molecule has 0 aliphatic heterocycles. The van der Waals surface area contributed by atoms with E-state index in [1.165, 1.54) is 6.42 Å². The first-order valence-corrected chi connectivity index (χ1v) is 6.19. The molecule has 0 unspecified atom stereocenters. The Bertz CT molecular complexity index is 333. The highest BCUT2D eigenvalue weighted by Crippen LogP contribution is 2.53. The van der Waals surface area contributed by atoms with E-state index in [1.807, 2.05) is 26.0 Å². The van der Waals surface area contributed by atoms with Gasteiger partial charge in [0, 0.05) is 5.41 Å². The molecule has 0 amide bonds. The van der Waals surface area contributed by atoms with Crippen molar-refractivity contribution in [3.63, 3.8) is 0 Å². The molecule has 1 rings (SSSR count). The number of hydrogen-bond acceptors (Lipinski definition) is 1. The van der Waals surface area contributed by atoms with E-state index in [4.69, 9.17) is 0 Å². The molecule has 0 N–H and O–H groups in total. The van der Waals surface area contributed by atoms with Gasteiger partial charge in [-0.2, -0.15) is 0 Å². The first-order valence-electron chi connectivity index (χ1n) is 6.19. The highest BCUT2D eigenvalue weighted by Gasteiger charge is 2.48. The zero-order valence-electron chi connectivity index (χ0n) is 11.3. The maximum absolute atomic E-state index is 12.3. The van der Waals surface area contributed by atoms with Crippen LogP contribution in [0.1, 0.15) is 53.9 Å². The fourth-order valence-corrected chi connectivity index (χ4v) is 2.44. The van der Waals surface area contributed by atoms with Gasteiger partial charge < -0.3 is 0 Å². The van der Waals surface area contributed by atoms with E-state index in [2.05, 4.69) is 20.8 Å². The Hall–Kier alpha value is -0.850. The third kappa shape index (κ3) is 2.28. The van der Waals surface area contributed by atoms with E-state index in [0.29, 0.717) is 0 Å². The summed E-state index contributed by atoms with van der Waals surface area (Å²) in [5.74, 6) is 0.288. The molecule has 0 radical (unpaired) electrons. The summed E-state index contributed by atoms with van der Waals surface area (Å²) in [5.41, 5.74) is 1.11. The second-order valence-corrected chi connectivity index (χ2v) is 5.80. The van der Waals surface area contributed by atoms with Crippen molar-refractivity contribution in [1.82, 2.24) is 0 Å². The van der Waals surface area contributed by atoms with Gasteiger partial charge in [-0.15, -0.1) is 0 Å². The van der Waals surface area contributed by atoms with Crippen molar-refractivity contribution < 1.29 is 4.79 Å². The Morgan fingerprint density at radius 3 is 2.19 bits per heavy atom. The lowest BCUT2D eigenvalue weighted by Gasteiger charge is -2.36. The van der Waals surface area contributed by atoms with E-state index in [0.717, 1.165) is 18.4 Å². The monoisotopic (exact) mass is 220 g/mol. The molecule has 0 aromatic rings. The van der Waals surface area contributed by atoms with Gasteiger partial charge in [-0.05, 0) is 38.2 Å². The van der Waals surface area contributed by atoms with Crippen LogP contribution in [0.5, 0.6) is 0 Å². The van der Waals surface area contributed by atoms with E-state index in [9.17, 15) is 4.79 Å². The van der Waals surface area contributed by atoms with Gasteiger partial charge in [-0.3, -0.25) is 4.79 Å². The molecule has 1 atom stereocenters. The molecule has 1 saturated carbocycles. The number of ketones is 1. The average Bonchev–Trinajstić information content (AvgIpc) is 2.50. The van der Waals surface area contributed by atoms with Crippen molar-refractivity contribution in [2.45, 2.75) is 53.9 Å². The van der Waals surface area contributed by atoms with Crippen LogP contribution in [0, 0.1) is 10.8 Å². The number of carbonyl (C=O) groups excluding carboxylic acids is 1. The maximum atomic E-state index is 12.3. The normalized spacial score (nSPS) is 29.9. The Kier molecular flexibility index (Phi) is 3.77. The lowest BCUT2D eigenvalue weighted by atomic mass is 9.66. The quantitative estimate of drug-likeness (QED) is 0.512. The first-order chi connectivity index (χ1) is 7.33. The first kappa shape index (κ1) is 13.2. The van der Waals surface area contributed by atoms with Gasteiger partial charge >= 0.3 is 0 Å². The Morgan fingerprint density at radius 1 is 1.12 bits per heavy atom. The molecule has 1 nitrogen and oxygen atoms in total. The van der Waals surface area contributed by atoms with Gasteiger partial charge in [0.1, 0.15) is 0 Å². The van der Waals surface area contributed by atoms with Gasteiger partial charge in [-0.25, -0.2) is 0 Å². The lowest BCUT2D eigenvalue weighted by Crippen LogP contribution is -2.36. The fraction of sp³-hybridized carbons (Fsp3) is 0.667. The molecule has 0 heterocycles. The van der Waals surface area contributed by atoms with Crippen molar-refractivity contribution >= 4 is 5.78 Å². The standard InChI is InChI=1S/C15H24O/c1-6-12(2)8-9-13(16)15(5)11-7-10-14(15,3)4/h6,8-9H,7,10-11H2,1-5H3/b9-8+,12-6+/t15-/m0/s1. The molecule has 1 aliphatic rings. The van der Waals surface area contributed by atoms with Crippen LogP contribution in [0.2, 0.25) is 0 Å². The van der Waals surface area contributed by atoms with Gasteiger partial charge in [0.05, 0.1) is 0 Å². The molecule has 0 aromatic carbocycles. The molecule has 1 heteroatoms. The fourth-order valence-electron chi connectivity index (χ4n) is 2.44. The van der Waals surface area contributed by atoms with Gasteiger partial charge in [0.25, 0.3) is 0 Å². The third-order valence-corrected chi connectivity index (χ3v) is 4.47. The molecule has 16 heavy (non-hydrogen) atoms. The molecular weight excluding hydrogens is 196 g/mol. The minimum absolute atomic E-state index is 0.137. The Morgan fingerprint density at radius 2 is 1.75 bits per heavy atom. The SMILES string of the molecule is C/C=C(C)/C=C/C(=O)[C@]1(C)CCCC1(C)C. The smallest absolute Gasteiger partial charge is 0.162 e. The second-order valence-electron chi connectivity index (χ2n) is 5.80. The predicted molar refractivity (Wildman–Crippen MR) is 69.3 cm³/mol. The topological polar surface area (TPSA) is 17.1 Å². The summed E-state index contributed by atoms with van der Waals surface area (Å²) in [6, 6.07) is 0. The summed E-state index contributed by atoms with van der Waals surface area (Å²) < 4.78 is 0. The third-order valence-electron chi connectivity index (χ3n) is 4.47. The maximum Gasteiger partial charge on any atom is 0.162 e. The van der Waals surface area contributed by atoms with E-state index in [1.54, 1.807) is 6.08 Å². The van der Waals surface area contributed by atoms with Crippen LogP contribution < -0.4 is 0 Å². The van der Waals surface area contributed by atoms with E-state index < -0.39 is 0 Å². The van der Waals surface area contributed by atoms with Gasteiger partial charge in [0.2, 0.25) is 0 Å². The summed E-state index contributed by atoms with van der Waals surface area (Å²) in [6.07, 6.45) is 9.08. The average molecular weight is 220 g/mol. The van der Waals surface area contributed by atoms with Crippen molar-refractivity contribution in [2.75, 3.05) is 0 Å². The number of carbonyl (C=O) groups is 1. The summed E-state index contributed by atoms with van der Waals surface area (Å²) in [4.78, 5) is 12.3. The zero-order chi connectivity index (χ0) is 12.4. The van der Waals surface area contributed by atoms with Crippen LogP contribution in [-0.4, -0.2) is 5.78 Å². The molecule has 1 aliphatic carbocycles. The van der Waals surface area contributed by atoms with Crippen LogP contribution in [0.4, 0.5) is 0 Å². The van der Waals surface area contributed by atoms with Crippen LogP contribution in [0.3, 0.4) is 0 Å². The van der Waals surface area contributed by atoms with Crippen molar-refractivity contribution in [3.8, 4) is 0 Å². The highest BCUT2D eigenvalue weighted by atomic mass is 16.1. The zero-order valence-corrected chi connectivity index (χ0v) is 11.3. The van der Waals surface area contributed by atoms with E-state index in [-0.39, 0.29) is 16.6 Å². The summed E-state index contributed by atoms with van der Waals surface area (Å²) in [6.45, 7) is 10.6. The molecule has 0 spiro atoms. The summed E-state index contributed by atoms with van der Waals surface area (Å²) >= 11 is 0. The number of hydrogen-bond donors (Lipinski definition) is 0. The molecule has 0 bridgehead atoms.